The Kier molecular flexibility index (Phi) is 5.97. The Labute approximate surface area is 128 Å². The summed E-state index contributed by atoms with van der Waals surface area (Å²) in [6, 6.07) is 20.1. The molecule has 2 nitrogen and oxygen atoms in total. The van der Waals surface area contributed by atoms with Crippen molar-refractivity contribution in [1.29, 1.82) is 0 Å². The molecule has 0 unspecified atom stereocenters. The summed E-state index contributed by atoms with van der Waals surface area (Å²) >= 11 is 0. The second-order valence-electron chi connectivity index (χ2n) is 5.83. The summed E-state index contributed by atoms with van der Waals surface area (Å²) in [5.74, 6) is 0. The molecule has 0 bridgehead atoms. The van der Waals surface area contributed by atoms with Crippen molar-refractivity contribution in [3.05, 3.63) is 71.3 Å². The Morgan fingerprint density at radius 1 is 0.810 bits per heavy atom. The van der Waals surface area contributed by atoms with Crippen molar-refractivity contribution in [3.63, 3.8) is 0 Å². The van der Waals surface area contributed by atoms with Gasteiger partial charge in [-0.3, -0.25) is 4.90 Å². The molecule has 0 atom stereocenters. The van der Waals surface area contributed by atoms with E-state index in [-0.39, 0.29) is 0 Å². The molecule has 0 saturated heterocycles. The standard InChI is InChI=1S/C19H26N2/c1-16(2)21(14-18-7-5-4-6-8-18)15-19-11-9-17(10-12-19)13-20-3/h4-12,16,20H,13-15H2,1-3H3. The molecule has 1 N–H and O–H groups in total. The summed E-state index contributed by atoms with van der Waals surface area (Å²) in [5.41, 5.74) is 4.08. The van der Waals surface area contributed by atoms with Crippen LogP contribution in [-0.2, 0) is 19.6 Å². The highest BCUT2D eigenvalue weighted by molar-refractivity contribution is 5.23. The van der Waals surface area contributed by atoms with Crippen LogP contribution in [0.4, 0.5) is 0 Å². The number of nitrogens with zero attached hydrogens (tertiary/aromatic N) is 1. The van der Waals surface area contributed by atoms with E-state index < -0.39 is 0 Å². The summed E-state index contributed by atoms with van der Waals surface area (Å²) in [6.45, 7) is 7.44. The van der Waals surface area contributed by atoms with Crippen molar-refractivity contribution >= 4 is 0 Å². The molecule has 112 valence electrons. The second kappa shape index (κ2) is 7.96. The molecular weight excluding hydrogens is 256 g/mol. The fraction of sp³-hybridized carbons (Fsp3) is 0.368. The minimum absolute atomic E-state index is 0.530. The Hall–Kier alpha value is -1.64. The summed E-state index contributed by atoms with van der Waals surface area (Å²) in [4.78, 5) is 2.50. The van der Waals surface area contributed by atoms with E-state index in [1.54, 1.807) is 0 Å². The lowest BCUT2D eigenvalue weighted by molar-refractivity contribution is 0.203. The zero-order chi connectivity index (χ0) is 15.1. The fourth-order valence-electron chi connectivity index (χ4n) is 2.44. The lowest BCUT2D eigenvalue weighted by atomic mass is 10.1. The molecular formula is C19H26N2. The highest BCUT2D eigenvalue weighted by Gasteiger charge is 2.10. The van der Waals surface area contributed by atoms with E-state index in [1.165, 1.54) is 16.7 Å². The Bertz CT molecular complexity index is 517. The van der Waals surface area contributed by atoms with Gasteiger partial charge in [0.2, 0.25) is 0 Å². The molecule has 0 amide bonds. The molecule has 0 aliphatic rings. The number of hydrogen-bond donors (Lipinski definition) is 1. The molecule has 2 rings (SSSR count). The van der Waals surface area contributed by atoms with Crippen LogP contribution in [0.2, 0.25) is 0 Å². The SMILES string of the molecule is CNCc1ccc(CN(Cc2ccccc2)C(C)C)cc1. The van der Waals surface area contributed by atoms with Crippen LogP contribution in [0, 0.1) is 0 Å². The average Bonchev–Trinajstić information content (AvgIpc) is 2.50. The van der Waals surface area contributed by atoms with Gasteiger partial charge in [0, 0.05) is 25.7 Å². The van der Waals surface area contributed by atoms with Gasteiger partial charge >= 0.3 is 0 Å². The normalized spacial score (nSPS) is 11.3. The van der Waals surface area contributed by atoms with Crippen LogP contribution in [0.25, 0.3) is 0 Å². The van der Waals surface area contributed by atoms with E-state index in [4.69, 9.17) is 0 Å². The van der Waals surface area contributed by atoms with Gasteiger partial charge in [0.15, 0.2) is 0 Å². The van der Waals surface area contributed by atoms with Crippen LogP contribution >= 0.6 is 0 Å². The predicted molar refractivity (Wildman–Crippen MR) is 90.0 cm³/mol. The molecule has 0 saturated carbocycles. The maximum Gasteiger partial charge on any atom is 0.0239 e. The second-order valence-corrected chi connectivity index (χ2v) is 5.83. The molecule has 2 heteroatoms. The molecule has 0 aliphatic heterocycles. The first-order valence-electron chi connectivity index (χ1n) is 7.69. The predicted octanol–water partition coefficient (Wildman–Crippen LogP) is 3.82. The third-order valence-corrected chi connectivity index (χ3v) is 3.75. The van der Waals surface area contributed by atoms with Crippen molar-refractivity contribution in [2.45, 2.75) is 39.5 Å². The fourth-order valence-corrected chi connectivity index (χ4v) is 2.44. The number of rotatable bonds is 7. The topological polar surface area (TPSA) is 15.3 Å². The van der Waals surface area contributed by atoms with Crippen LogP contribution in [0.1, 0.15) is 30.5 Å². The van der Waals surface area contributed by atoms with Crippen molar-refractivity contribution in [3.8, 4) is 0 Å². The van der Waals surface area contributed by atoms with Crippen molar-refractivity contribution in [2.75, 3.05) is 7.05 Å². The number of nitrogens with one attached hydrogen (secondary N) is 1. The van der Waals surface area contributed by atoms with Crippen molar-refractivity contribution in [2.24, 2.45) is 0 Å². The van der Waals surface area contributed by atoms with Crippen LogP contribution in [0.15, 0.2) is 54.6 Å². The van der Waals surface area contributed by atoms with Crippen LogP contribution in [0.3, 0.4) is 0 Å². The minimum Gasteiger partial charge on any atom is -0.316 e. The summed E-state index contributed by atoms with van der Waals surface area (Å²) in [6.07, 6.45) is 0. The zero-order valence-corrected chi connectivity index (χ0v) is 13.3. The summed E-state index contributed by atoms with van der Waals surface area (Å²) in [7, 11) is 1.98. The molecule has 0 spiro atoms. The lowest BCUT2D eigenvalue weighted by Crippen LogP contribution is -2.29. The third-order valence-electron chi connectivity index (χ3n) is 3.75. The quantitative estimate of drug-likeness (QED) is 0.830. The molecule has 2 aromatic carbocycles. The first kappa shape index (κ1) is 15.7. The molecule has 0 fully saturated rings. The first-order valence-corrected chi connectivity index (χ1v) is 7.69. The zero-order valence-electron chi connectivity index (χ0n) is 13.3. The van der Waals surface area contributed by atoms with Crippen molar-refractivity contribution in [1.82, 2.24) is 10.2 Å². The molecule has 0 heterocycles. The van der Waals surface area contributed by atoms with Gasteiger partial charge in [0.1, 0.15) is 0 Å². The number of benzene rings is 2. The lowest BCUT2D eigenvalue weighted by Gasteiger charge is -2.26. The first-order chi connectivity index (χ1) is 10.2. The highest BCUT2D eigenvalue weighted by atomic mass is 15.1. The van der Waals surface area contributed by atoms with Gasteiger partial charge in [0.25, 0.3) is 0 Å². The van der Waals surface area contributed by atoms with Crippen molar-refractivity contribution < 1.29 is 0 Å². The molecule has 21 heavy (non-hydrogen) atoms. The Morgan fingerprint density at radius 2 is 1.33 bits per heavy atom. The van der Waals surface area contributed by atoms with Gasteiger partial charge in [0.05, 0.1) is 0 Å². The van der Waals surface area contributed by atoms with Gasteiger partial charge in [-0.15, -0.1) is 0 Å². The largest absolute Gasteiger partial charge is 0.316 e. The maximum atomic E-state index is 3.18. The van der Waals surface area contributed by atoms with Crippen LogP contribution in [0.5, 0.6) is 0 Å². The van der Waals surface area contributed by atoms with Gasteiger partial charge < -0.3 is 5.32 Å². The summed E-state index contributed by atoms with van der Waals surface area (Å²) in [5, 5.41) is 3.18. The maximum absolute atomic E-state index is 3.18. The van der Waals surface area contributed by atoms with Crippen LogP contribution < -0.4 is 5.32 Å². The molecule has 2 aromatic rings. The summed E-state index contributed by atoms with van der Waals surface area (Å²) < 4.78 is 0. The van der Waals surface area contributed by atoms with Crippen LogP contribution in [-0.4, -0.2) is 18.0 Å². The van der Waals surface area contributed by atoms with E-state index >= 15 is 0 Å². The molecule has 0 radical (unpaired) electrons. The Balaban J connectivity index is 2.02. The van der Waals surface area contributed by atoms with E-state index in [9.17, 15) is 0 Å². The monoisotopic (exact) mass is 282 g/mol. The van der Waals surface area contributed by atoms with Gasteiger partial charge in [-0.05, 0) is 37.6 Å². The third kappa shape index (κ3) is 5.00. The smallest absolute Gasteiger partial charge is 0.0239 e. The molecule has 0 aliphatic carbocycles. The molecule has 0 aromatic heterocycles. The van der Waals surface area contributed by atoms with E-state index in [0.717, 1.165) is 19.6 Å². The van der Waals surface area contributed by atoms with Gasteiger partial charge in [-0.25, -0.2) is 0 Å². The van der Waals surface area contributed by atoms with Gasteiger partial charge in [-0.2, -0.15) is 0 Å². The van der Waals surface area contributed by atoms with Gasteiger partial charge in [-0.1, -0.05) is 54.6 Å². The van der Waals surface area contributed by atoms with E-state index in [0.29, 0.717) is 6.04 Å². The number of hydrogen-bond acceptors (Lipinski definition) is 2. The average molecular weight is 282 g/mol. The van der Waals surface area contributed by atoms with E-state index in [2.05, 4.69) is 78.7 Å². The highest BCUT2D eigenvalue weighted by Crippen LogP contribution is 2.14. The van der Waals surface area contributed by atoms with E-state index in [1.807, 2.05) is 7.05 Å². The minimum atomic E-state index is 0.530. The Morgan fingerprint density at radius 3 is 1.86 bits per heavy atom.